The number of methoxy groups -OCH3 is 1. The number of hydrogen-bond donors (Lipinski definition) is 0. The fourth-order valence-corrected chi connectivity index (χ4v) is 5.96. The van der Waals surface area contributed by atoms with Gasteiger partial charge in [-0.15, -0.1) is 0 Å². The van der Waals surface area contributed by atoms with Crippen LogP contribution in [0.5, 0.6) is 0 Å². The molecule has 0 N–H and O–H groups in total. The fraction of sp³-hybridized carbons (Fsp3) is 0.533. The zero-order valence-corrected chi connectivity index (χ0v) is 23.9. The van der Waals surface area contributed by atoms with E-state index in [2.05, 4.69) is 25.7 Å². The van der Waals surface area contributed by atoms with Crippen molar-refractivity contribution < 1.29 is 23.1 Å². The maximum absolute atomic E-state index is 14.9. The number of halogens is 3. The van der Waals surface area contributed by atoms with E-state index in [1.54, 1.807) is 4.90 Å². The lowest BCUT2D eigenvalue weighted by atomic mass is 9.87. The molecule has 2 aromatic rings. The van der Waals surface area contributed by atoms with Gasteiger partial charge in [0, 0.05) is 62.4 Å². The minimum absolute atomic E-state index is 0.0485. The van der Waals surface area contributed by atoms with Crippen molar-refractivity contribution in [3.63, 3.8) is 0 Å². The van der Waals surface area contributed by atoms with Gasteiger partial charge in [0.25, 0.3) is 0 Å². The first kappa shape index (κ1) is 29.4. The predicted molar refractivity (Wildman–Crippen MR) is 148 cm³/mol. The third-order valence-electron chi connectivity index (χ3n) is 7.99. The Hall–Kier alpha value is -2.55. The van der Waals surface area contributed by atoms with E-state index in [1.807, 2.05) is 29.2 Å². The topological polar surface area (TPSA) is 53.1 Å². The Bertz CT molecular complexity index is 1170. The molecule has 0 aromatic heterocycles. The fourth-order valence-electron chi connectivity index (χ4n) is 5.84. The van der Waals surface area contributed by atoms with E-state index in [0.717, 1.165) is 11.6 Å². The van der Waals surface area contributed by atoms with Crippen LogP contribution in [0.4, 0.5) is 8.78 Å². The molecular formula is C30H38ClF2N3O3. The number of carbonyl (C=O) groups excluding carboxylic acids is 2. The predicted octanol–water partition coefficient (Wildman–Crippen LogP) is 5.27. The van der Waals surface area contributed by atoms with Crippen LogP contribution >= 0.6 is 11.6 Å². The Kier molecular flexibility index (Phi) is 9.29. The molecule has 2 aliphatic heterocycles. The molecule has 2 heterocycles. The molecule has 3 unspecified atom stereocenters. The first-order valence-electron chi connectivity index (χ1n) is 13.5. The molecule has 6 nitrogen and oxygen atoms in total. The Morgan fingerprint density at radius 1 is 1.03 bits per heavy atom. The second kappa shape index (κ2) is 12.3. The molecule has 2 saturated heterocycles. The van der Waals surface area contributed by atoms with Gasteiger partial charge in [0.1, 0.15) is 18.2 Å². The van der Waals surface area contributed by atoms with Crippen LogP contribution in [0.25, 0.3) is 0 Å². The number of ether oxygens (including phenoxy) is 1. The van der Waals surface area contributed by atoms with E-state index in [4.69, 9.17) is 16.3 Å². The summed E-state index contributed by atoms with van der Waals surface area (Å²) in [5.74, 6) is -2.32. The average Bonchev–Trinajstić information content (AvgIpc) is 3.30. The molecule has 0 radical (unpaired) electrons. The second-order valence-electron chi connectivity index (χ2n) is 11.5. The van der Waals surface area contributed by atoms with Gasteiger partial charge in [0.2, 0.25) is 11.8 Å². The van der Waals surface area contributed by atoms with Crippen LogP contribution in [0.3, 0.4) is 0 Å². The summed E-state index contributed by atoms with van der Waals surface area (Å²) in [6, 6.07) is 11.0. The molecule has 0 bridgehead atoms. The van der Waals surface area contributed by atoms with Crippen molar-refractivity contribution >= 4 is 23.4 Å². The maximum atomic E-state index is 14.9. The van der Waals surface area contributed by atoms with Gasteiger partial charge in [-0.25, -0.2) is 8.78 Å². The van der Waals surface area contributed by atoms with Crippen LogP contribution in [-0.2, 0) is 14.3 Å². The Morgan fingerprint density at radius 2 is 1.74 bits per heavy atom. The number of hydrogen-bond acceptors (Lipinski definition) is 4. The van der Waals surface area contributed by atoms with E-state index in [0.29, 0.717) is 56.2 Å². The van der Waals surface area contributed by atoms with E-state index in [-0.39, 0.29) is 30.0 Å². The molecule has 2 aromatic carbocycles. The highest BCUT2D eigenvalue weighted by molar-refractivity contribution is 6.30. The summed E-state index contributed by atoms with van der Waals surface area (Å²) in [6.07, 6.45) is 1.37. The Labute approximate surface area is 234 Å². The summed E-state index contributed by atoms with van der Waals surface area (Å²) in [4.78, 5) is 32.9. The summed E-state index contributed by atoms with van der Waals surface area (Å²) in [5.41, 5.74) is 1.15. The molecule has 0 spiro atoms. The van der Waals surface area contributed by atoms with Gasteiger partial charge in [-0.1, -0.05) is 29.8 Å². The van der Waals surface area contributed by atoms with Crippen LogP contribution in [-0.4, -0.2) is 78.5 Å². The standard InChI is InChI=1S/C30H38ClF2N3O3/c1-30(2,3)35-17-24(23-12-11-22(32)16-26(23)33)25(18-35)29(38)34-13-5-6-27(20-7-9-21(31)10-8-20)36(15-14-34)28(37)19-39-4/h7-12,16,24-25,27H,5-6,13-15,17-19H2,1-4H3. The van der Waals surface area contributed by atoms with Gasteiger partial charge >= 0.3 is 0 Å². The number of likely N-dealkylation sites (tertiary alicyclic amines) is 1. The highest BCUT2D eigenvalue weighted by Gasteiger charge is 2.44. The first-order chi connectivity index (χ1) is 18.5. The lowest BCUT2D eigenvalue weighted by molar-refractivity contribution is -0.142. The van der Waals surface area contributed by atoms with Crippen molar-refractivity contribution in [2.45, 2.75) is 51.1 Å². The van der Waals surface area contributed by atoms with Gasteiger partial charge in [-0.2, -0.15) is 0 Å². The molecule has 9 heteroatoms. The number of nitrogens with zero attached hydrogens (tertiary/aromatic N) is 3. The van der Waals surface area contributed by atoms with Gasteiger partial charge in [-0.3, -0.25) is 14.5 Å². The van der Waals surface area contributed by atoms with Gasteiger partial charge in [0.15, 0.2) is 0 Å². The van der Waals surface area contributed by atoms with Crippen LogP contribution < -0.4 is 0 Å². The van der Waals surface area contributed by atoms with Crippen molar-refractivity contribution in [2.75, 3.05) is 46.4 Å². The first-order valence-corrected chi connectivity index (χ1v) is 13.9. The van der Waals surface area contributed by atoms with Gasteiger partial charge in [0.05, 0.1) is 12.0 Å². The van der Waals surface area contributed by atoms with Crippen molar-refractivity contribution in [3.8, 4) is 0 Å². The quantitative estimate of drug-likeness (QED) is 0.499. The summed E-state index contributed by atoms with van der Waals surface area (Å²) >= 11 is 6.10. The molecule has 2 aliphatic rings. The minimum Gasteiger partial charge on any atom is -0.375 e. The molecule has 212 valence electrons. The third-order valence-corrected chi connectivity index (χ3v) is 8.25. The smallest absolute Gasteiger partial charge is 0.249 e. The highest BCUT2D eigenvalue weighted by atomic mass is 35.5. The van der Waals surface area contributed by atoms with E-state index >= 15 is 0 Å². The normalized spacial score (nSPS) is 23.0. The molecule has 0 aliphatic carbocycles. The lowest BCUT2D eigenvalue weighted by Crippen LogP contribution is -2.48. The summed E-state index contributed by atoms with van der Waals surface area (Å²) < 4.78 is 33.8. The molecule has 4 rings (SSSR count). The van der Waals surface area contributed by atoms with Crippen LogP contribution in [0.2, 0.25) is 5.02 Å². The molecule has 2 fully saturated rings. The Balaban J connectivity index is 1.58. The molecule has 0 saturated carbocycles. The number of benzene rings is 2. The highest BCUT2D eigenvalue weighted by Crippen LogP contribution is 2.39. The average molecular weight is 562 g/mol. The van der Waals surface area contributed by atoms with E-state index < -0.39 is 23.5 Å². The molecule has 3 atom stereocenters. The van der Waals surface area contributed by atoms with Crippen LogP contribution in [0, 0.1) is 17.6 Å². The number of amides is 2. The van der Waals surface area contributed by atoms with Crippen LogP contribution in [0.1, 0.15) is 56.7 Å². The molecule has 39 heavy (non-hydrogen) atoms. The van der Waals surface area contributed by atoms with Gasteiger partial charge in [-0.05, 0) is 62.9 Å². The zero-order valence-electron chi connectivity index (χ0n) is 23.1. The van der Waals surface area contributed by atoms with Crippen LogP contribution in [0.15, 0.2) is 42.5 Å². The zero-order chi connectivity index (χ0) is 28.3. The summed E-state index contributed by atoms with van der Waals surface area (Å²) in [7, 11) is 1.49. The van der Waals surface area contributed by atoms with Gasteiger partial charge < -0.3 is 14.5 Å². The lowest BCUT2D eigenvalue weighted by Gasteiger charge is -2.38. The van der Waals surface area contributed by atoms with E-state index in [9.17, 15) is 18.4 Å². The molecular weight excluding hydrogens is 524 g/mol. The second-order valence-corrected chi connectivity index (χ2v) is 11.9. The third kappa shape index (κ3) is 6.79. The molecule has 2 amide bonds. The summed E-state index contributed by atoms with van der Waals surface area (Å²) in [6.45, 7) is 8.43. The van der Waals surface area contributed by atoms with E-state index in [1.165, 1.54) is 19.2 Å². The summed E-state index contributed by atoms with van der Waals surface area (Å²) in [5, 5.41) is 0.629. The van der Waals surface area contributed by atoms with Crippen molar-refractivity contribution in [1.29, 1.82) is 0 Å². The maximum Gasteiger partial charge on any atom is 0.249 e. The largest absolute Gasteiger partial charge is 0.375 e. The Morgan fingerprint density at radius 3 is 2.38 bits per heavy atom. The SMILES string of the molecule is COCC(=O)N1CCN(C(=O)C2CN(C(C)(C)C)CC2c2ccc(F)cc2F)CCCC1c1ccc(Cl)cc1. The number of carbonyl (C=O) groups is 2. The number of rotatable bonds is 5. The van der Waals surface area contributed by atoms with Crippen molar-refractivity contribution in [3.05, 3.63) is 70.2 Å². The van der Waals surface area contributed by atoms with Crippen molar-refractivity contribution in [2.24, 2.45) is 5.92 Å². The van der Waals surface area contributed by atoms with Crippen molar-refractivity contribution in [1.82, 2.24) is 14.7 Å². The monoisotopic (exact) mass is 561 g/mol. The minimum atomic E-state index is -0.635.